The Kier molecular flexibility index (Phi) is 2.38. The lowest BCUT2D eigenvalue weighted by Gasteiger charge is -2.08. The van der Waals surface area contributed by atoms with Gasteiger partial charge in [-0.2, -0.15) is 0 Å². The van der Waals surface area contributed by atoms with Gasteiger partial charge in [0.2, 0.25) is 0 Å². The van der Waals surface area contributed by atoms with Crippen LogP contribution in [0.5, 0.6) is 0 Å². The molecule has 1 aromatic rings. The second-order valence-corrected chi connectivity index (χ2v) is 3.24. The van der Waals surface area contributed by atoms with Crippen LogP contribution in [-0.4, -0.2) is 13.2 Å². The van der Waals surface area contributed by atoms with Crippen LogP contribution in [0.15, 0.2) is 12.1 Å². The van der Waals surface area contributed by atoms with Crippen molar-refractivity contribution < 1.29 is 9.13 Å². The van der Waals surface area contributed by atoms with Crippen LogP contribution in [0, 0.1) is 5.82 Å². The summed E-state index contributed by atoms with van der Waals surface area (Å²) in [6, 6.07) is 3.05. The highest BCUT2D eigenvalue weighted by molar-refractivity contribution is 6.31. The predicted octanol–water partition coefficient (Wildman–Crippen LogP) is 2.42. The zero-order valence-corrected chi connectivity index (χ0v) is 7.70. The summed E-state index contributed by atoms with van der Waals surface area (Å²) in [4.78, 5) is 0. The minimum atomic E-state index is -0.396. The number of fused-ring (bicyclic) bond motifs is 1. The van der Waals surface area contributed by atoms with Crippen molar-refractivity contribution in [3.05, 3.63) is 28.5 Å². The molecule has 0 saturated carbocycles. The lowest BCUT2D eigenvalue weighted by Crippen LogP contribution is -2.04. The molecule has 0 bridgehead atoms. The third kappa shape index (κ3) is 1.62. The lowest BCUT2D eigenvalue weighted by molar-refractivity contribution is 0.134. The van der Waals surface area contributed by atoms with E-state index in [1.807, 2.05) is 0 Å². The van der Waals surface area contributed by atoms with Crippen molar-refractivity contribution in [2.24, 2.45) is 0 Å². The Hall–Kier alpha value is -0.800. The number of halogens is 2. The average Bonchev–Trinajstić information content (AvgIpc) is 2.36. The molecule has 0 atom stereocenters. The molecule has 0 radical (unpaired) electrons. The van der Waals surface area contributed by atoms with Crippen LogP contribution in [0.25, 0.3) is 0 Å². The van der Waals surface area contributed by atoms with Gasteiger partial charge >= 0.3 is 0 Å². The molecule has 0 unspecified atom stereocenters. The molecule has 0 amide bonds. The van der Waals surface area contributed by atoms with E-state index in [4.69, 9.17) is 16.3 Å². The molecule has 2 nitrogen and oxygen atoms in total. The Morgan fingerprint density at radius 3 is 3.15 bits per heavy atom. The van der Waals surface area contributed by atoms with Gasteiger partial charge in [0.1, 0.15) is 5.82 Å². The van der Waals surface area contributed by atoms with Gasteiger partial charge in [-0.3, -0.25) is 0 Å². The maximum Gasteiger partial charge on any atom is 0.142 e. The van der Waals surface area contributed by atoms with Gasteiger partial charge in [0.25, 0.3) is 0 Å². The SMILES string of the molecule is Fc1ccc2c(c1Cl)COCCN2. The van der Waals surface area contributed by atoms with Crippen molar-refractivity contribution in [1.82, 2.24) is 0 Å². The zero-order chi connectivity index (χ0) is 9.26. The van der Waals surface area contributed by atoms with E-state index >= 15 is 0 Å². The fraction of sp³-hybridized carbons (Fsp3) is 0.333. The van der Waals surface area contributed by atoms with E-state index in [1.54, 1.807) is 6.07 Å². The van der Waals surface area contributed by atoms with E-state index < -0.39 is 5.82 Å². The fourth-order valence-electron chi connectivity index (χ4n) is 1.33. The fourth-order valence-corrected chi connectivity index (χ4v) is 1.55. The highest BCUT2D eigenvalue weighted by atomic mass is 35.5. The van der Waals surface area contributed by atoms with Gasteiger partial charge in [0.15, 0.2) is 0 Å². The van der Waals surface area contributed by atoms with Crippen molar-refractivity contribution in [3.63, 3.8) is 0 Å². The molecule has 1 N–H and O–H groups in total. The summed E-state index contributed by atoms with van der Waals surface area (Å²) in [6.07, 6.45) is 0. The third-order valence-electron chi connectivity index (χ3n) is 2.00. The molecule has 13 heavy (non-hydrogen) atoms. The van der Waals surface area contributed by atoms with E-state index in [9.17, 15) is 4.39 Å². The molecular formula is C9H9ClFNO. The Labute approximate surface area is 80.7 Å². The first-order valence-corrected chi connectivity index (χ1v) is 4.45. The molecule has 1 heterocycles. The topological polar surface area (TPSA) is 21.3 Å². The summed E-state index contributed by atoms with van der Waals surface area (Å²) in [6.45, 7) is 1.72. The van der Waals surface area contributed by atoms with E-state index in [2.05, 4.69) is 5.32 Å². The highest BCUT2D eigenvalue weighted by Crippen LogP contribution is 2.28. The number of nitrogens with one attached hydrogen (secondary N) is 1. The zero-order valence-electron chi connectivity index (χ0n) is 6.94. The molecule has 0 aromatic heterocycles. The summed E-state index contributed by atoms with van der Waals surface area (Å²) in [7, 11) is 0. The van der Waals surface area contributed by atoms with E-state index in [0.717, 1.165) is 12.2 Å². The first kappa shape index (κ1) is 8.78. The summed E-state index contributed by atoms with van der Waals surface area (Å²) in [5.74, 6) is -0.396. The summed E-state index contributed by atoms with van der Waals surface area (Å²) in [5.41, 5.74) is 1.57. The molecule has 0 aliphatic carbocycles. The van der Waals surface area contributed by atoms with Gasteiger partial charge in [0, 0.05) is 17.8 Å². The van der Waals surface area contributed by atoms with Gasteiger partial charge in [0.05, 0.1) is 18.2 Å². The van der Waals surface area contributed by atoms with Gasteiger partial charge in [-0.05, 0) is 12.1 Å². The summed E-state index contributed by atoms with van der Waals surface area (Å²) in [5, 5.41) is 3.28. The largest absolute Gasteiger partial charge is 0.382 e. The second kappa shape index (κ2) is 3.52. The monoisotopic (exact) mass is 201 g/mol. The standard InChI is InChI=1S/C9H9ClFNO/c10-9-6-5-13-4-3-12-8(6)2-1-7(9)11/h1-2,12H,3-5H2. The summed E-state index contributed by atoms with van der Waals surface area (Å²) >= 11 is 5.79. The number of benzene rings is 1. The van der Waals surface area contributed by atoms with Crippen molar-refractivity contribution >= 4 is 17.3 Å². The Morgan fingerprint density at radius 1 is 1.46 bits per heavy atom. The van der Waals surface area contributed by atoms with Gasteiger partial charge in [-0.15, -0.1) is 0 Å². The van der Waals surface area contributed by atoms with Crippen molar-refractivity contribution in [1.29, 1.82) is 0 Å². The van der Waals surface area contributed by atoms with Gasteiger partial charge < -0.3 is 10.1 Å². The van der Waals surface area contributed by atoms with Gasteiger partial charge in [-0.25, -0.2) is 4.39 Å². The Bertz CT molecular complexity index is 330. The number of anilines is 1. The molecule has 2 rings (SSSR count). The van der Waals surface area contributed by atoms with E-state index in [1.165, 1.54) is 6.07 Å². The maximum absolute atomic E-state index is 13.0. The number of hydrogen-bond acceptors (Lipinski definition) is 2. The molecule has 4 heteroatoms. The first-order valence-electron chi connectivity index (χ1n) is 4.07. The molecule has 70 valence electrons. The minimum Gasteiger partial charge on any atom is -0.382 e. The predicted molar refractivity (Wildman–Crippen MR) is 49.6 cm³/mol. The Morgan fingerprint density at radius 2 is 2.31 bits per heavy atom. The van der Waals surface area contributed by atoms with Gasteiger partial charge in [-0.1, -0.05) is 11.6 Å². The number of hydrogen-bond donors (Lipinski definition) is 1. The smallest absolute Gasteiger partial charge is 0.142 e. The van der Waals surface area contributed by atoms with E-state index in [-0.39, 0.29) is 5.02 Å². The second-order valence-electron chi connectivity index (χ2n) is 2.87. The normalized spacial score (nSPS) is 15.8. The molecule has 0 spiro atoms. The van der Waals surface area contributed by atoms with Crippen molar-refractivity contribution in [2.75, 3.05) is 18.5 Å². The van der Waals surface area contributed by atoms with Crippen LogP contribution in [0.4, 0.5) is 10.1 Å². The molecule has 1 aliphatic heterocycles. The molecule has 1 aliphatic rings. The van der Waals surface area contributed by atoms with E-state index in [0.29, 0.717) is 18.8 Å². The Balaban J connectivity index is 2.48. The van der Waals surface area contributed by atoms with Crippen molar-refractivity contribution in [2.45, 2.75) is 6.61 Å². The lowest BCUT2D eigenvalue weighted by atomic mass is 10.2. The average molecular weight is 202 g/mol. The number of rotatable bonds is 0. The first-order chi connectivity index (χ1) is 6.29. The molecule has 0 saturated heterocycles. The molecule has 1 aromatic carbocycles. The number of ether oxygens (including phenoxy) is 1. The van der Waals surface area contributed by atoms with Crippen LogP contribution in [0.3, 0.4) is 0 Å². The van der Waals surface area contributed by atoms with Crippen LogP contribution < -0.4 is 5.32 Å². The third-order valence-corrected chi connectivity index (χ3v) is 2.41. The quantitative estimate of drug-likeness (QED) is 0.696. The van der Waals surface area contributed by atoms with Crippen LogP contribution >= 0.6 is 11.6 Å². The molecular weight excluding hydrogens is 193 g/mol. The van der Waals surface area contributed by atoms with Crippen molar-refractivity contribution in [3.8, 4) is 0 Å². The molecule has 0 fully saturated rings. The van der Waals surface area contributed by atoms with Crippen LogP contribution in [-0.2, 0) is 11.3 Å². The minimum absolute atomic E-state index is 0.159. The maximum atomic E-state index is 13.0. The van der Waals surface area contributed by atoms with Crippen LogP contribution in [0.2, 0.25) is 5.02 Å². The highest BCUT2D eigenvalue weighted by Gasteiger charge is 2.13. The summed E-state index contributed by atoms with van der Waals surface area (Å²) < 4.78 is 18.3. The van der Waals surface area contributed by atoms with Crippen LogP contribution in [0.1, 0.15) is 5.56 Å².